The maximum Gasteiger partial charge on any atom is 0.346 e. The zero-order valence-electron chi connectivity index (χ0n) is 7.37. The van der Waals surface area contributed by atoms with Crippen LogP contribution in [0.1, 0.15) is 12.8 Å². The first-order valence-electron chi connectivity index (χ1n) is 3.62. The van der Waals surface area contributed by atoms with E-state index in [9.17, 15) is 24.3 Å². The molecule has 0 radical (unpaired) electrons. The van der Waals surface area contributed by atoms with Crippen LogP contribution in [0, 0.1) is 0 Å². The molecule has 0 aromatic rings. The van der Waals surface area contributed by atoms with Crippen molar-refractivity contribution in [3.8, 4) is 0 Å². The third-order valence-electron chi connectivity index (χ3n) is 1.42. The maximum absolute atomic E-state index is 10.9. The molecule has 3 N–H and O–H groups in total. The van der Waals surface area contributed by atoms with Crippen molar-refractivity contribution in [2.24, 2.45) is 0 Å². The van der Waals surface area contributed by atoms with Crippen LogP contribution in [0.25, 0.3) is 0 Å². The zero-order chi connectivity index (χ0) is 12.1. The fourth-order valence-electron chi connectivity index (χ4n) is 0.861. The molecule has 0 aliphatic rings. The second-order valence-electron chi connectivity index (χ2n) is 2.67. The van der Waals surface area contributed by atoms with Crippen LogP contribution in [-0.2, 0) is 23.9 Å². The van der Waals surface area contributed by atoms with Crippen molar-refractivity contribution in [3.05, 3.63) is 0 Å². The Hall–Kier alpha value is -1.96. The molecule has 0 saturated carbocycles. The van der Waals surface area contributed by atoms with E-state index in [-0.39, 0.29) is 6.47 Å². The quantitative estimate of drug-likeness (QED) is 0.275. The number of carboxylic acids is 2. The van der Waals surface area contributed by atoms with Crippen molar-refractivity contribution in [1.82, 2.24) is 0 Å². The number of carbonyl (C=O) groups is 4. The van der Waals surface area contributed by atoms with Gasteiger partial charge >= 0.3 is 24.4 Å². The third kappa shape index (κ3) is 4.18. The molecule has 15 heavy (non-hydrogen) atoms. The summed E-state index contributed by atoms with van der Waals surface area (Å²) in [6.45, 7) is -0.322. The predicted molar refractivity (Wildman–Crippen MR) is 41.6 cm³/mol. The molecule has 0 unspecified atom stereocenters. The smallest absolute Gasteiger partial charge is 0.346 e. The van der Waals surface area contributed by atoms with Crippen molar-refractivity contribution in [2.75, 3.05) is 0 Å². The number of carboxylic acid groups (broad SMARTS) is 2. The first-order chi connectivity index (χ1) is 6.81. The minimum atomic E-state index is -2.74. The van der Waals surface area contributed by atoms with Crippen LogP contribution in [0.4, 0.5) is 0 Å². The number of ether oxygens (including phenoxy) is 1. The van der Waals surface area contributed by atoms with Gasteiger partial charge in [-0.05, 0) is 0 Å². The van der Waals surface area contributed by atoms with E-state index in [1.165, 1.54) is 0 Å². The Morgan fingerprint density at radius 1 is 1.13 bits per heavy atom. The van der Waals surface area contributed by atoms with Gasteiger partial charge in [-0.2, -0.15) is 0 Å². The molecule has 0 fully saturated rings. The first kappa shape index (κ1) is 13.0. The molecular formula is C7H8O8. The number of carbonyl (C=O) groups excluding carboxylic acids is 2. The summed E-state index contributed by atoms with van der Waals surface area (Å²) in [5, 5.41) is 26.0. The lowest BCUT2D eigenvalue weighted by atomic mass is 9.96. The summed E-state index contributed by atoms with van der Waals surface area (Å²) in [5.41, 5.74) is -2.74. The summed E-state index contributed by atoms with van der Waals surface area (Å²) in [6.07, 6.45) is -2.32. The van der Waals surface area contributed by atoms with Crippen LogP contribution in [0.5, 0.6) is 0 Å². The normalized spacial score (nSPS) is 10.5. The van der Waals surface area contributed by atoms with Gasteiger partial charge in [0.2, 0.25) is 0 Å². The van der Waals surface area contributed by atoms with Gasteiger partial charge in [0, 0.05) is 0 Å². The molecule has 0 spiro atoms. The van der Waals surface area contributed by atoms with Gasteiger partial charge < -0.3 is 20.1 Å². The topological polar surface area (TPSA) is 138 Å². The molecular weight excluding hydrogens is 212 g/mol. The van der Waals surface area contributed by atoms with E-state index in [1.54, 1.807) is 0 Å². The Morgan fingerprint density at radius 3 is 1.80 bits per heavy atom. The molecule has 0 rings (SSSR count). The van der Waals surface area contributed by atoms with E-state index >= 15 is 0 Å². The molecule has 0 saturated heterocycles. The van der Waals surface area contributed by atoms with Gasteiger partial charge in [0.05, 0.1) is 12.8 Å². The zero-order valence-corrected chi connectivity index (χ0v) is 7.37. The molecule has 0 aromatic heterocycles. The average molecular weight is 220 g/mol. The summed E-state index contributed by atoms with van der Waals surface area (Å²) in [5.74, 6) is -4.80. The van der Waals surface area contributed by atoms with E-state index in [2.05, 4.69) is 4.74 Å². The summed E-state index contributed by atoms with van der Waals surface area (Å²) in [6, 6.07) is 0. The number of hydrogen-bond acceptors (Lipinski definition) is 6. The Morgan fingerprint density at radius 2 is 1.53 bits per heavy atom. The van der Waals surface area contributed by atoms with E-state index in [0.29, 0.717) is 0 Å². The lowest BCUT2D eigenvalue weighted by molar-refractivity contribution is -0.176. The molecule has 0 amide bonds. The van der Waals surface area contributed by atoms with Crippen LogP contribution in [0.2, 0.25) is 0 Å². The molecule has 0 bridgehead atoms. The predicted octanol–water partition coefficient (Wildman–Crippen LogP) is -1.63. The molecule has 8 nitrogen and oxygen atoms in total. The monoisotopic (exact) mass is 220 g/mol. The highest BCUT2D eigenvalue weighted by molar-refractivity contribution is 5.91. The fourth-order valence-corrected chi connectivity index (χ4v) is 0.861. The number of aliphatic hydroxyl groups is 1. The van der Waals surface area contributed by atoms with Gasteiger partial charge in [0.15, 0.2) is 5.60 Å². The van der Waals surface area contributed by atoms with E-state index in [0.717, 1.165) is 0 Å². The Bertz CT molecular complexity index is 277. The summed E-state index contributed by atoms with van der Waals surface area (Å²) in [4.78, 5) is 41.2. The number of rotatable bonds is 6. The van der Waals surface area contributed by atoms with Gasteiger partial charge in [-0.1, -0.05) is 0 Å². The highest BCUT2D eigenvalue weighted by Gasteiger charge is 2.42. The van der Waals surface area contributed by atoms with Crippen LogP contribution >= 0.6 is 0 Å². The Kier molecular flexibility index (Phi) is 4.39. The van der Waals surface area contributed by atoms with Gasteiger partial charge in [-0.25, -0.2) is 4.79 Å². The van der Waals surface area contributed by atoms with Crippen molar-refractivity contribution in [2.45, 2.75) is 18.4 Å². The second kappa shape index (κ2) is 5.05. The SMILES string of the molecule is O=COC(=O)C(O)(CC(=O)O)CC(=O)O. The van der Waals surface area contributed by atoms with Gasteiger partial charge in [-0.3, -0.25) is 14.4 Å². The minimum absolute atomic E-state index is 0.322. The molecule has 0 aromatic carbocycles. The lowest BCUT2D eigenvalue weighted by Crippen LogP contribution is -2.44. The molecule has 0 heterocycles. The van der Waals surface area contributed by atoms with Gasteiger partial charge in [0.25, 0.3) is 0 Å². The Labute approximate surface area is 83.1 Å². The third-order valence-corrected chi connectivity index (χ3v) is 1.42. The van der Waals surface area contributed by atoms with E-state index in [1.807, 2.05) is 0 Å². The molecule has 84 valence electrons. The standard InChI is InChI=1S/C7H8O8/c8-3-15-6(13)7(14,1-4(9)10)2-5(11)12/h3,14H,1-2H2,(H,9,10)(H,11,12). The van der Waals surface area contributed by atoms with Crippen molar-refractivity contribution < 1.29 is 39.2 Å². The molecule has 0 aliphatic heterocycles. The largest absolute Gasteiger partial charge is 0.481 e. The minimum Gasteiger partial charge on any atom is -0.481 e. The molecule has 0 atom stereocenters. The number of esters is 1. The molecule has 0 aliphatic carbocycles. The van der Waals surface area contributed by atoms with Crippen LogP contribution in [-0.4, -0.2) is 45.3 Å². The van der Waals surface area contributed by atoms with Crippen molar-refractivity contribution in [1.29, 1.82) is 0 Å². The lowest BCUT2D eigenvalue weighted by Gasteiger charge is -2.20. The fraction of sp³-hybridized carbons (Fsp3) is 0.429. The summed E-state index contributed by atoms with van der Waals surface area (Å²) >= 11 is 0. The van der Waals surface area contributed by atoms with E-state index in [4.69, 9.17) is 10.2 Å². The first-order valence-corrected chi connectivity index (χ1v) is 3.62. The van der Waals surface area contributed by atoms with Crippen molar-refractivity contribution in [3.63, 3.8) is 0 Å². The molecule has 8 heteroatoms. The average Bonchev–Trinajstić information content (AvgIpc) is 2.01. The maximum atomic E-state index is 10.9. The highest BCUT2D eigenvalue weighted by Crippen LogP contribution is 2.17. The summed E-state index contributed by atoms with van der Waals surface area (Å²) < 4.78 is 3.71. The van der Waals surface area contributed by atoms with Gasteiger partial charge in [0.1, 0.15) is 0 Å². The van der Waals surface area contributed by atoms with E-state index < -0.39 is 36.4 Å². The summed E-state index contributed by atoms with van der Waals surface area (Å²) in [7, 11) is 0. The number of hydrogen-bond donors (Lipinski definition) is 3. The second-order valence-corrected chi connectivity index (χ2v) is 2.67. The van der Waals surface area contributed by atoms with Crippen LogP contribution in [0.15, 0.2) is 0 Å². The number of aliphatic carboxylic acids is 2. The highest BCUT2D eigenvalue weighted by atomic mass is 16.6. The van der Waals surface area contributed by atoms with Gasteiger partial charge in [-0.15, -0.1) is 0 Å². The van der Waals surface area contributed by atoms with Crippen LogP contribution in [0.3, 0.4) is 0 Å². The van der Waals surface area contributed by atoms with Crippen molar-refractivity contribution >= 4 is 24.4 Å². The Balaban J connectivity index is 4.82. The van der Waals surface area contributed by atoms with Crippen LogP contribution < -0.4 is 0 Å².